The predicted molar refractivity (Wildman–Crippen MR) is 80.8 cm³/mol. The summed E-state index contributed by atoms with van der Waals surface area (Å²) in [5, 5.41) is 0. The van der Waals surface area contributed by atoms with E-state index in [1.54, 1.807) is 0 Å². The lowest BCUT2D eigenvalue weighted by atomic mass is 9.98. The van der Waals surface area contributed by atoms with E-state index in [0.717, 1.165) is 29.5 Å². The van der Waals surface area contributed by atoms with Crippen LogP contribution in [0.25, 0.3) is 0 Å². The number of rotatable bonds is 2. The molecule has 0 atom stereocenters. The van der Waals surface area contributed by atoms with Gasteiger partial charge in [0.2, 0.25) is 0 Å². The minimum absolute atomic E-state index is 0.884. The fraction of sp³-hybridized carbons (Fsp3) is 0.158. The zero-order valence-electron chi connectivity index (χ0n) is 11.1. The Kier molecular flexibility index (Phi) is 4.44. The Hall–Kier alpha value is -2.44. The van der Waals surface area contributed by atoms with E-state index in [1.807, 2.05) is 42.5 Å². The molecule has 0 aliphatic carbocycles. The molecule has 0 unspecified atom stereocenters. The molecular weight excluding hydrogens is 228 g/mol. The van der Waals surface area contributed by atoms with E-state index in [2.05, 4.69) is 30.8 Å². The van der Waals surface area contributed by atoms with E-state index in [1.165, 1.54) is 5.56 Å². The fourth-order valence-electron chi connectivity index (χ4n) is 2.00. The maximum atomic E-state index is 5.57. The van der Waals surface area contributed by atoms with Crippen LogP contribution >= 0.6 is 0 Å². The molecule has 0 radical (unpaired) electrons. The first kappa shape index (κ1) is 13.0. The first-order chi connectivity index (χ1) is 9.35. The average molecular weight is 244 g/mol. The van der Waals surface area contributed by atoms with E-state index in [9.17, 15) is 0 Å². The van der Waals surface area contributed by atoms with Crippen molar-refractivity contribution >= 4 is 0 Å². The molecule has 0 bridgehead atoms. The molecule has 0 fully saturated rings. The van der Waals surface area contributed by atoms with Crippen LogP contribution in [0, 0.1) is 24.2 Å². The second-order valence-corrected chi connectivity index (χ2v) is 4.35. The largest absolute Gasteiger partial charge is 0.115 e. The van der Waals surface area contributed by atoms with Crippen LogP contribution in [0.15, 0.2) is 48.5 Å². The average Bonchev–Trinajstić information content (AvgIpc) is 2.47. The van der Waals surface area contributed by atoms with Crippen molar-refractivity contribution in [2.45, 2.75) is 19.8 Å². The van der Waals surface area contributed by atoms with Gasteiger partial charge in [-0.25, -0.2) is 0 Å². The third-order valence-corrected chi connectivity index (χ3v) is 2.93. The van der Waals surface area contributed by atoms with Crippen molar-refractivity contribution in [2.24, 2.45) is 0 Å². The quantitative estimate of drug-likeness (QED) is 0.700. The van der Waals surface area contributed by atoms with E-state index >= 15 is 0 Å². The van der Waals surface area contributed by atoms with Gasteiger partial charge in [-0.05, 0) is 30.2 Å². The van der Waals surface area contributed by atoms with Crippen LogP contribution < -0.4 is 0 Å². The van der Waals surface area contributed by atoms with Gasteiger partial charge in [0.15, 0.2) is 0 Å². The van der Waals surface area contributed by atoms with E-state index in [0.29, 0.717) is 0 Å². The monoisotopic (exact) mass is 244 g/mol. The lowest BCUT2D eigenvalue weighted by molar-refractivity contribution is 0.918. The standard InChI is InChI=1S/C19H16/c1-3-9-18-13-8-12-17(4-2)19(18)15-14-16-10-6-5-7-11-16/h2,5-8,10-13H,3,9H2,1H3. The molecule has 92 valence electrons. The van der Waals surface area contributed by atoms with Gasteiger partial charge in [0, 0.05) is 16.7 Å². The number of aryl methyl sites for hydroxylation is 1. The fourth-order valence-corrected chi connectivity index (χ4v) is 2.00. The van der Waals surface area contributed by atoms with Crippen molar-refractivity contribution in [3.8, 4) is 24.2 Å². The van der Waals surface area contributed by atoms with Gasteiger partial charge in [-0.15, -0.1) is 6.42 Å². The molecule has 0 aliphatic rings. The Balaban J connectivity index is 2.44. The van der Waals surface area contributed by atoms with E-state index < -0.39 is 0 Å². The van der Waals surface area contributed by atoms with Crippen molar-refractivity contribution in [3.05, 3.63) is 70.8 Å². The summed E-state index contributed by atoms with van der Waals surface area (Å²) in [6.07, 6.45) is 7.67. The zero-order chi connectivity index (χ0) is 13.5. The first-order valence-corrected chi connectivity index (χ1v) is 6.50. The molecule has 0 amide bonds. The van der Waals surface area contributed by atoms with Gasteiger partial charge in [-0.3, -0.25) is 0 Å². The Morgan fingerprint density at radius 1 is 0.947 bits per heavy atom. The second-order valence-electron chi connectivity index (χ2n) is 4.35. The highest BCUT2D eigenvalue weighted by Gasteiger charge is 2.03. The van der Waals surface area contributed by atoms with Crippen LogP contribution in [0.1, 0.15) is 35.6 Å². The lowest BCUT2D eigenvalue weighted by Crippen LogP contribution is -1.93. The van der Waals surface area contributed by atoms with E-state index in [4.69, 9.17) is 6.42 Å². The van der Waals surface area contributed by atoms with Gasteiger partial charge in [0.05, 0.1) is 0 Å². The Morgan fingerprint density at radius 2 is 1.74 bits per heavy atom. The van der Waals surface area contributed by atoms with Crippen molar-refractivity contribution in [3.63, 3.8) is 0 Å². The van der Waals surface area contributed by atoms with Crippen LogP contribution in [0.4, 0.5) is 0 Å². The van der Waals surface area contributed by atoms with Crippen LogP contribution in [0.2, 0.25) is 0 Å². The Labute approximate surface area is 115 Å². The topological polar surface area (TPSA) is 0 Å². The van der Waals surface area contributed by atoms with Gasteiger partial charge < -0.3 is 0 Å². The molecule has 0 heteroatoms. The predicted octanol–water partition coefficient (Wildman–Crippen LogP) is 4.02. The summed E-state index contributed by atoms with van der Waals surface area (Å²) < 4.78 is 0. The summed E-state index contributed by atoms with van der Waals surface area (Å²) in [5.41, 5.74) is 4.13. The summed E-state index contributed by atoms with van der Waals surface area (Å²) >= 11 is 0. The molecule has 0 aromatic heterocycles. The van der Waals surface area contributed by atoms with Crippen molar-refractivity contribution in [2.75, 3.05) is 0 Å². The number of hydrogen-bond donors (Lipinski definition) is 0. The molecule has 0 saturated heterocycles. The minimum Gasteiger partial charge on any atom is -0.115 e. The van der Waals surface area contributed by atoms with Gasteiger partial charge in [0.25, 0.3) is 0 Å². The molecule has 2 rings (SSSR count). The molecule has 0 N–H and O–H groups in total. The van der Waals surface area contributed by atoms with Crippen molar-refractivity contribution in [1.29, 1.82) is 0 Å². The summed E-state index contributed by atoms with van der Waals surface area (Å²) in [7, 11) is 0. The third-order valence-electron chi connectivity index (χ3n) is 2.93. The minimum atomic E-state index is 0.884. The van der Waals surface area contributed by atoms with Crippen LogP contribution in [0.5, 0.6) is 0 Å². The number of hydrogen-bond acceptors (Lipinski definition) is 0. The molecular formula is C19H16. The summed E-state index contributed by atoms with van der Waals surface area (Å²) in [4.78, 5) is 0. The Bertz CT molecular complexity index is 646. The van der Waals surface area contributed by atoms with Crippen LogP contribution in [-0.4, -0.2) is 0 Å². The highest BCUT2D eigenvalue weighted by Crippen LogP contribution is 2.15. The van der Waals surface area contributed by atoms with Crippen molar-refractivity contribution in [1.82, 2.24) is 0 Å². The molecule has 19 heavy (non-hydrogen) atoms. The number of benzene rings is 2. The maximum Gasteiger partial charge on any atom is 0.0437 e. The van der Waals surface area contributed by atoms with Gasteiger partial charge in [0.1, 0.15) is 0 Å². The molecule has 0 saturated carbocycles. The zero-order valence-corrected chi connectivity index (χ0v) is 11.1. The Morgan fingerprint density at radius 3 is 2.42 bits per heavy atom. The van der Waals surface area contributed by atoms with Crippen molar-refractivity contribution < 1.29 is 0 Å². The summed E-state index contributed by atoms with van der Waals surface area (Å²) in [6.45, 7) is 2.16. The molecule has 2 aromatic carbocycles. The second kappa shape index (κ2) is 6.48. The van der Waals surface area contributed by atoms with Crippen LogP contribution in [-0.2, 0) is 6.42 Å². The highest BCUT2D eigenvalue weighted by atomic mass is 14.1. The first-order valence-electron chi connectivity index (χ1n) is 6.50. The van der Waals surface area contributed by atoms with Gasteiger partial charge >= 0.3 is 0 Å². The van der Waals surface area contributed by atoms with Gasteiger partial charge in [-0.2, -0.15) is 0 Å². The molecule has 0 nitrogen and oxygen atoms in total. The highest BCUT2D eigenvalue weighted by molar-refractivity contribution is 5.55. The molecule has 0 aliphatic heterocycles. The maximum absolute atomic E-state index is 5.57. The lowest BCUT2D eigenvalue weighted by Gasteiger charge is -2.05. The smallest absolute Gasteiger partial charge is 0.0437 e. The number of terminal acetylenes is 1. The summed E-state index contributed by atoms with van der Waals surface area (Å²) in [6, 6.07) is 16.1. The van der Waals surface area contributed by atoms with E-state index in [-0.39, 0.29) is 0 Å². The van der Waals surface area contributed by atoms with Crippen LogP contribution in [0.3, 0.4) is 0 Å². The normalized spacial score (nSPS) is 9.26. The van der Waals surface area contributed by atoms with Gasteiger partial charge in [-0.1, -0.05) is 61.4 Å². The molecule has 2 aromatic rings. The molecule has 0 heterocycles. The SMILES string of the molecule is C#Cc1cccc(CCC)c1C#Cc1ccccc1. The molecule has 0 spiro atoms. The summed E-state index contributed by atoms with van der Waals surface area (Å²) in [5.74, 6) is 9.16. The third kappa shape index (κ3) is 3.27.